The van der Waals surface area contributed by atoms with Crippen LogP contribution in [0.15, 0.2) is 12.2 Å². The highest BCUT2D eigenvalue weighted by Crippen LogP contribution is 2.05. The average molecular weight is 350 g/mol. The number of carbonyl (C=O) groups is 3. The number of aliphatic hydroxyl groups is 2. The lowest BCUT2D eigenvalue weighted by Gasteiger charge is -2.18. The zero-order valence-electron chi connectivity index (χ0n) is 12.4. The van der Waals surface area contributed by atoms with Gasteiger partial charge in [-0.25, -0.2) is 4.79 Å². The summed E-state index contributed by atoms with van der Waals surface area (Å²) in [5.41, 5.74) is 5.32. The van der Waals surface area contributed by atoms with Crippen molar-refractivity contribution >= 4 is 30.5 Å². The van der Waals surface area contributed by atoms with Crippen LogP contribution in [0, 0.1) is 0 Å². The Bertz CT molecular complexity index is 431. The van der Waals surface area contributed by atoms with Gasteiger partial charge in [-0.05, 0) is 18.2 Å². The van der Waals surface area contributed by atoms with Gasteiger partial charge in [0.25, 0.3) is 0 Å². The lowest BCUT2D eigenvalue weighted by atomic mass is 10.2. The molecule has 0 aromatic heterocycles. The fraction of sp³-hybridized carbons (Fsp3) is 0.615. The first-order valence-electron chi connectivity index (χ1n) is 6.83. The standard InChI is InChI=1S/C13H22N2O7S/c14-9(6-16)13(21)22-8(3-1-2-4-23)5-11(18)15-10(7-17)12(19)20/h1,3,8-10,16-17,23H,2,4-7,14H2,(H,15,18)(H,19,20)/b3-1+/t8?,9?,10-/m1/s1. The highest BCUT2D eigenvalue weighted by atomic mass is 32.1. The summed E-state index contributed by atoms with van der Waals surface area (Å²) in [5.74, 6) is -2.46. The largest absolute Gasteiger partial charge is 0.480 e. The number of aliphatic hydroxyl groups excluding tert-OH is 2. The molecule has 0 aliphatic rings. The Labute approximate surface area is 138 Å². The van der Waals surface area contributed by atoms with Crippen molar-refractivity contribution in [1.29, 1.82) is 0 Å². The molecule has 0 aliphatic heterocycles. The number of amides is 1. The molecule has 0 saturated carbocycles. The van der Waals surface area contributed by atoms with Gasteiger partial charge >= 0.3 is 11.9 Å². The van der Waals surface area contributed by atoms with Crippen molar-refractivity contribution in [2.24, 2.45) is 5.73 Å². The Morgan fingerprint density at radius 2 is 1.91 bits per heavy atom. The second kappa shape index (κ2) is 11.9. The number of carboxylic acid groups (broad SMARTS) is 1. The van der Waals surface area contributed by atoms with Gasteiger partial charge in [0, 0.05) is 0 Å². The fourth-order valence-corrected chi connectivity index (χ4v) is 1.55. The van der Waals surface area contributed by atoms with Crippen molar-refractivity contribution in [3.8, 4) is 0 Å². The minimum atomic E-state index is -1.44. The predicted molar refractivity (Wildman–Crippen MR) is 83.8 cm³/mol. The molecule has 10 heteroatoms. The molecule has 0 spiro atoms. The van der Waals surface area contributed by atoms with Gasteiger partial charge in [0.15, 0.2) is 0 Å². The molecule has 1 amide bonds. The molecule has 132 valence electrons. The summed E-state index contributed by atoms with van der Waals surface area (Å²) in [6.45, 7) is -1.37. The lowest BCUT2D eigenvalue weighted by Crippen LogP contribution is -2.45. The third kappa shape index (κ3) is 9.18. The van der Waals surface area contributed by atoms with Crippen molar-refractivity contribution in [2.45, 2.75) is 31.0 Å². The van der Waals surface area contributed by atoms with Gasteiger partial charge in [0.1, 0.15) is 18.2 Å². The molecule has 0 aromatic rings. The smallest absolute Gasteiger partial charge is 0.328 e. The van der Waals surface area contributed by atoms with Crippen molar-refractivity contribution in [3.63, 3.8) is 0 Å². The van der Waals surface area contributed by atoms with E-state index in [1.165, 1.54) is 6.08 Å². The van der Waals surface area contributed by atoms with Crippen molar-refractivity contribution in [3.05, 3.63) is 12.2 Å². The molecule has 0 radical (unpaired) electrons. The minimum Gasteiger partial charge on any atom is -0.480 e. The molecular formula is C13H22N2O7S. The first-order chi connectivity index (χ1) is 10.8. The number of carbonyl (C=O) groups excluding carboxylic acids is 2. The van der Waals surface area contributed by atoms with Crippen LogP contribution in [0.25, 0.3) is 0 Å². The van der Waals surface area contributed by atoms with Gasteiger partial charge < -0.3 is 31.1 Å². The molecule has 0 aromatic carbocycles. The second-order valence-corrected chi connectivity index (χ2v) is 5.00. The highest BCUT2D eigenvalue weighted by Gasteiger charge is 2.23. The first-order valence-corrected chi connectivity index (χ1v) is 7.46. The van der Waals surface area contributed by atoms with Crippen LogP contribution in [0.1, 0.15) is 12.8 Å². The molecule has 0 bridgehead atoms. The van der Waals surface area contributed by atoms with Gasteiger partial charge in [-0.1, -0.05) is 6.08 Å². The van der Waals surface area contributed by atoms with Crippen molar-refractivity contribution < 1.29 is 34.4 Å². The quantitative estimate of drug-likeness (QED) is 0.142. The molecule has 3 atom stereocenters. The SMILES string of the molecule is NC(CO)C(=O)OC(/C=C/CCS)CC(=O)N[C@H](CO)C(=O)O. The van der Waals surface area contributed by atoms with E-state index < -0.39 is 49.2 Å². The van der Waals surface area contributed by atoms with Crippen molar-refractivity contribution in [2.75, 3.05) is 19.0 Å². The van der Waals surface area contributed by atoms with E-state index in [2.05, 4.69) is 17.9 Å². The van der Waals surface area contributed by atoms with Crippen LogP contribution in [0.4, 0.5) is 0 Å². The average Bonchev–Trinajstić information content (AvgIpc) is 2.51. The predicted octanol–water partition coefficient (Wildman–Crippen LogP) is -1.95. The van der Waals surface area contributed by atoms with Crippen LogP contribution in [0.5, 0.6) is 0 Å². The molecule has 2 unspecified atom stereocenters. The summed E-state index contributed by atoms with van der Waals surface area (Å²) >= 11 is 4.01. The molecule has 0 rings (SSSR count). The minimum absolute atomic E-state index is 0.350. The van der Waals surface area contributed by atoms with E-state index in [-0.39, 0.29) is 6.42 Å². The summed E-state index contributed by atoms with van der Waals surface area (Å²) in [6, 6.07) is -2.68. The van der Waals surface area contributed by atoms with Crippen LogP contribution >= 0.6 is 12.6 Å². The van der Waals surface area contributed by atoms with Gasteiger partial charge in [-0.15, -0.1) is 0 Å². The van der Waals surface area contributed by atoms with Crippen molar-refractivity contribution in [1.82, 2.24) is 5.32 Å². The summed E-state index contributed by atoms with van der Waals surface area (Å²) < 4.78 is 4.99. The van der Waals surface area contributed by atoms with Crippen LogP contribution in [-0.2, 0) is 19.1 Å². The number of aliphatic carboxylic acids is 1. The number of hydrogen-bond donors (Lipinski definition) is 6. The highest BCUT2D eigenvalue weighted by molar-refractivity contribution is 7.80. The fourth-order valence-electron chi connectivity index (χ4n) is 1.40. The maximum atomic E-state index is 11.8. The Hall–Kier alpha value is -1.62. The molecule has 23 heavy (non-hydrogen) atoms. The Morgan fingerprint density at radius 1 is 1.26 bits per heavy atom. The Morgan fingerprint density at radius 3 is 2.39 bits per heavy atom. The normalized spacial score (nSPS) is 15.0. The lowest BCUT2D eigenvalue weighted by molar-refractivity contribution is -0.151. The Kier molecular flexibility index (Phi) is 11.0. The van der Waals surface area contributed by atoms with Crippen LogP contribution in [-0.4, -0.2) is 70.3 Å². The van der Waals surface area contributed by atoms with Gasteiger partial charge in [0.05, 0.1) is 19.6 Å². The van der Waals surface area contributed by atoms with E-state index in [9.17, 15) is 14.4 Å². The number of nitrogens with two attached hydrogens (primary N) is 1. The zero-order valence-corrected chi connectivity index (χ0v) is 13.3. The van der Waals surface area contributed by atoms with Crippen LogP contribution < -0.4 is 11.1 Å². The van der Waals surface area contributed by atoms with Crippen LogP contribution in [0.2, 0.25) is 0 Å². The summed E-state index contributed by atoms with van der Waals surface area (Å²) in [4.78, 5) is 34.1. The van der Waals surface area contributed by atoms with E-state index in [1.54, 1.807) is 6.08 Å². The third-order valence-electron chi connectivity index (χ3n) is 2.62. The van der Waals surface area contributed by atoms with Gasteiger partial charge in [-0.2, -0.15) is 12.6 Å². The van der Waals surface area contributed by atoms with E-state index in [0.717, 1.165) is 0 Å². The molecule has 0 heterocycles. The number of nitrogens with one attached hydrogen (secondary N) is 1. The summed E-state index contributed by atoms with van der Waals surface area (Å²) in [5, 5.41) is 28.5. The molecule has 0 saturated heterocycles. The maximum Gasteiger partial charge on any atom is 0.328 e. The molecule has 6 N–H and O–H groups in total. The number of allylic oxidation sites excluding steroid dienone is 1. The number of thiol groups is 1. The van der Waals surface area contributed by atoms with E-state index in [0.29, 0.717) is 12.2 Å². The van der Waals surface area contributed by atoms with E-state index in [1.807, 2.05) is 0 Å². The summed E-state index contributed by atoms with van der Waals surface area (Å²) in [6.07, 6.45) is 2.33. The number of esters is 1. The van der Waals surface area contributed by atoms with Crippen LogP contribution in [0.3, 0.4) is 0 Å². The molecular weight excluding hydrogens is 328 g/mol. The number of carboxylic acids is 1. The maximum absolute atomic E-state index is 11.8. The Balaban J connectivity index is 4.76. The topological polar surface area (TPSA) is 159 Å². The number of hydrogen-bond acceptors (Lipinski definition) is 8. The second-order valence-electron chi connectivity index (χ2n) is 4.55. The summed E-state index contributed by atoms with van der Waals surface area (Å²) in [7, 11) is 0. The zero-order chi connectivity index (χ0) is 17.8. The first kappa shape index (κ1) is 21.4. The van der Waals surface area contributed by atoms with E-state index in [4.69, 9.17) is 25.8 Å². The number of ether oxygens (including phenoxy) is 1. The van der Waals surface area contributed by atoms with Gasteiger partial charge in [-0.3, -0.25) is 9.59 Å². The third-order valence-corrected chi connectivity index (χ3v) is 2.87. The van der Waals surface area contributed by atoms with Gasteiger partial charge in [0.2, 0.25) is 5.91 Å². The molecule has 9 nitrogen and oxygen atoms in total. The van der Waals surface area contributed by atoms with E-state index >= 15 is 0 Å². The number of rotatable bonds is 11. The molecule has 0 fully saturated rings. The molecule has 0 aliphatic carbocycles. The monoisotopic (exact) mass is 350 g/mol.